The third-order valence-electron chi connectivity index (χ3n) is 4.81. The number of nitrogens with one attached hydrogen (secondary N) is 2. The summed E-state index contributed by atoms with van der Waals surface area (Å²) in [5.41, 5.74) is 1.61. The first-order chi connectivity index (χ1) is 14.6. The van der Waals surface area contributed by atoms with E-state index in [2.05, 4.69) is 9.44 Å². The molecule has 8 nitrogen and oxygen atoms in total. The Hall–Kier alpha value is -1.82. The highest BCUT2D eigenvalue weighted by molar-refractivity contribution is 7.89. The molecule has 0 saturated heterocycles. The molecule has 178 valence electrons. The average molecular weight is 485 g/mol. The molecule has 0 spiro atoms. The van der Waals surface area contributed by atoms with Crippen molar-refractivity contribution in [2.24, 2.45) is 0 Å². The van der Waals surface area contributed by atoms with Gasteiger partial charge < -0.3 is 8.97 Å². The molecular formula is C22H36N4O4S2+2. The van der Waals surface area contributed by atoms with E-state index in [1.54, 1.807) is 48.5 Å². The Morgan fingerprint density at radius 3 is 1.09 bits per heavy atom. The summed E-state index contributed by atoms with van der Waals surface area (Å²) in [7, 11) is 4.85. The molecule has 32 heavy (non-hydrogen) atoms. The van der Waals surface area contributed by atoms with Crippen LogP contribution in [0.3, 0.4) is 0 Å². The highest BCUT2D eigenvalue weighted by Gasteiger charge is 2.17. The smallest absolute Gasteiger partial charge is 0.240 e. The standard InChI is InChI=1S/C22H36N4O4S2/c1-25(2,3)17-15-23-31(27,28)21-11-7-19(8-12-21)20-9-13-22(14-10-20)32(29,30)24-16-18-26(4,5)6/h7-14,23-24H,15-18H2,1-6H3/q+2. The number of nitrogens with zero attached hydrogens (tertiary/aromatic N) is 2. The van der Waals surface area contributed by atoms with E-state index in [-0.39, 0.29) is 9.79 Å². The van der Waals surface area contributed by atoms with Crippen LogP contribution in [-0.4, -0.2) is 94.3 Å². The van der Waals surface area contributed by atoms with Gasteiger partial charge in [-0.25, -0.2) is 26.3 Å². The average Bonchev–Trinajstić information content (AvgIpc) is 2.66. The molecule has 0 unspecified atom stereocenters. The summed E-state index contributed by atoms with van der Waals surface area (Å²) in [6.45, 7) is 2.06. The summed E-state index contributed by atoms with van der Waals surface area (Å²) >= 11 is 0. The zero-order valence-corrected chi connectivity index (χ0v) is 21.4. The van der Waals surface area contributed by atoms with Gasteiger partial charge in [-0.3, -0.25) is 0 Å². The Kier molecular flexibility index (Phi) is 8.25. The molecule has 2 aromatic rings. The van der Waals surface area contributed by atoms with Crippen LogP contribution in [0.5, 0.6) is 0 Å². The Labute approximate surface area is 193 Å². The van der Waals surface area contributed by atoms with Crippen molar-refractivity contribution in [3.05, 3.63) is 48.5 Å². The second kappa shape index (κ2) is 9.98. The van der Waals surface area contributed by atoms with Crippen molar-refractivity contribution in [1.82, 2.24) is 9.44 Å². The van der Waals surface area contributed by atoms with E-state index in [0.29, 0.717) is 35.1 Å². The first-order valence-electron chi connectivity index (χ1n) is 10.4. The first kappa shape index (κ1) is 26.4. The van der Waals surface area contributed by atoms with Crippen LogP contribution in [0.15, 0.2) is 58.3 Å². The predicted molar refractivity (Wildman–Crippen MR) is 128 cm³/mol. The molecule has 0 heterocycles. The summed E-state index contributed by atoms with van der Waals surface area (Å²) < 4.78 is 56.5. The van der Waals surface area contributed by atoms with Crippen LogP contribution in [0, 0.1) is 0 Å². The maximum Gasteiger partial charge on any atom is 0.240 e. The molecule has 0 bridgehead atoms. The lowest BCUT2D eigenvalue weighted by Crippen LogP contribution is -2.41. The van der Waals surface area contributed by atoms with Crippen LogP contribution in [0.1, 0.15) is 0 Å². The summed E-state index contributed by atoms with van der Waals surface area (Å²) in [6.07, 6.45) is 0. The fraction of sp³-hybridized carbons (Fsp3) is 0.455. The number of hydrogen-bond donors (Lipinski definition) is 2. The zero-order chi connectivity index (χ0) is 24.2. The molecule has 0 atom stereocenters. The van der Waals surface area contributed by atoms with Crippen molar-refractivity contribution >= 4 is 20.0 Å². The van der Waals surface area contributed by atoms with Gasteiger partial charge in [0.05, 0.1) is 78.3 Å². The monoisotopic (exact) mass is 484 g/mol. The van der Waals surface area contributed by atoms with Gasteiger partial charge >= 0.3 is 0 Å². The normalized spacial score (nSPS) is 13.3. The fourth-order valence-electron chi connectivity index (χ4n) is 2.85. The molecule has 0 amide bonds. The van der Waals surface area contributed by atoms with E-state index in [1.807, 2.05) is 42.3 Å². The lowest BCUT2D eigenvalue weighted by atomic mass is 10.1. The third-order valence-corrected chi connectivity index (χ3v) is 7.77. The second-order valence-corrected chi connectivity index (χ2v) is 13.4. The van der Waals surface area contributed by atoms with Crippen molar-refractivity contribution in [1.29, 1.82) is 0 Å². The minimum Gasteiger partial charge on any atom is -0.330 e. The second-order valence-electron chi connectivity index (χ2n) is 9.87. The Balaban J connectivity index is 2.07. The Bertz CT molecular complexity index is 1010. The van der Waals surface area contributed by atoms with Crippen LogP contribution in [0.25, 0.3) is 11.1 Å². The van der Waals surface area contributed by atoms with Crippen molar-refractivity contribution in [3.63, 3.8) is 0 Å². The molecule has 0 aliphatic heterocycles. The van der Waals surface area contributed by atoms with Crippen molar-refractivity contribution in [3.8, 4) is 11.1 Å². The molecule has 2 N–H and O–H groups in total. The van der Waals surface area contributed by atoms with Gasteiger partial charge in [0, 0.05) is 0 Å². The molecular weight excluding hydrogens is 448 g/mol. The van der Waals surface area contributed by atoms with Crippen LogP contribution in [0.4, 0.5) is 0 Å². The largest absolute Gasteiger partial charge is 0.330 e. The van der Waals surface area contributed by atoms with Gasteiger partial charge in [-0.1, -0.05) is 24.3 Å². The van der Waals surface area contributed by atoms with Gasteiger partial charge in [-0.05, 0) is 35.4 Å². The highest BCUT2D eigenvalue weighted by atomic mass is 32.2. The molecule has 0 fully saturated rings. The Morgan fingerprint density at radius 2 is 0.844 bits per heavy atom. The summed E-state index contributed by atoms with van der Waals surface area (Å²) in [6, 6.07) is 13.1. The number of benzene rings is 2. The molecule has 2 rings (SSSR count). The maximum absolute atomic E-state index is 12.5. The minimum atomic E-state index is -3.58. The molecule has 0 radical (unpaired) electrons. The van der Waals surface area contributed by atoms with E-state index in [1.165, 1.54) is 0 Å². The number of quaternary nitrogens is 2. The minimum absolute atomic E-state index is 0.198. The van der Waals surface area contributed by atoms with Crippen LogP contribution < -0.4 is 9.44 Å². The maximum atomic E-state index is 12.5. The van der Waals surface area contributed by atoms with Gasteiger partial charge in [-0.15, -0.1) is 0 Å². The molecule has 10 heteroatoms. The number of likely N-dealkylation sites (N-methyl/N-ethyl adjacent to an activating group) is 2. The molecule has 0 aliphatic rings. The van der Waals surface area contributed by atoms with E-state index < -0.39 is 20.0 Å². The summed E-state index contributed by atoms with van der Waals surface area (Å²) in [4.78, 5) is 0.395. The van der Waals surface area contributed by atoms with E-state index >= 15 is 0 Å². The number of sulfonamides is 2. The van der Waals surface area contributed by atoms with Crippen molar-refractivity contribution < 1.29 is 25.8 Å². The van der Waals surface area contributed by atoms with Gasteiger partial charge in [-0.2, -0.15) is 0 Å². The third kappa shape index (κ3) is 8.27. The zero-order valence-electron chi connectivity index (χ0n) is 19.8. The number of rotatable bonds is 11. The first-order valence-corrected chi connectivity index (χ1v) is 13.4. The lowest BCUT2D eigenvalue weighted by Gasteiger charge is -2.23. The molecule has 0 saturated carbocycles. The van der Waals surface area contributed by atoms with Gasteiger partial charge in [0.15, 0.2) is 0 Å². The van der Waals surface area contributed by atoms with Gasteiger partial charge in [0.25, 0.3) is 0 Å². The lowest BCUT2D eigenvalue weighted by molar-refractivity contribution is -0.869. The van der Waals surface area contributed by atoms with Crippen LogP contribution in [0.2, 0.25) is 0 Å². The quantitative estimate of drug-likeness (QED) is 0.471. The van der Waals surface area contributed by atoms with Crippen LogP contribution >= 0.6 is 0 Å². The molecule has 2 aromatic carbocycles. The van der Waals surface area contributed by atoms with Gasteiger partial charge in [0.2, 0.25) is 20.0 Å². The Morgan fingerprint density at radius 1 is 0.562 bits per heavy atom. The van der Waals surface area contributed by atoms with E-state index in [4.69, 9.17) is 0 Å². The van der Waals surface area contributed by atoms with Crippen LogP contribution in [-0.2, 0) is 20.0 Å². The molecule has 0 aromatic heterocycles. The fourth-order valence-corrected chi connectivity index (χ4v) is 4.89. The molecule has 0 aliphatic carbocycles. The van der Waals surface area contributed by atoms with Crippen molar-refractivity contribution in [2.45, 2.75) is 9.79 Å². The topological polar surface area (TPSA) is 92.3 Å². The summed E-state index contributed by atoms with van der Waals surface area (Å²) in [5.74, 6) is 0. The van der Waals surface area contributed by atoms with E-state index in [0.717, 1.165) is 11.1 Å². The summed E-state index contributed by atoms with van der Waals surface area (Å²) in [5, 5.41) is 0. The van der Waals surface area contributed by atoms with Crippen molar-refractivity contribution in [2.75, 3.05) is 68.5 Å². The van der Waals surface area contributed by atoms with Gasteiger partial charge in [0.1, 0.15) is 0 Å². The predicted octanol–water partition coefficient (Wildman–Crippen LogP) is 1.32. The highest BCUT2D eigenvalue weighted by Crippen LogP contribution is 2.23. The number of hydrogen-bond acceptors (Lipinski definition) is 4. The van der Waals surface area contributed by atoms with E-state index in [9.17, 15) is 16.8 Å². The SMILES string of the molecule is C[N+](C)(C)CCNS(=O)(=O)c1ccc(-c2ccc(S(=O)(=O)NCC[N+](C)(C)C)cc2)cc1.